The molecule has 1 aliphatic rings. The maximum absolute atomic E-state index is 12.1. The Hall–Kier alpha value is -2.08. The minimum absolute atomic E-state index is 0.00171. The molecule has 1 aromatic carbocycles. The van der Waals surface area contributed by atoms with Crippen LogP contribution in [0.2, 0.25) is 0 Å². The van der Waals surface area contributed by atoms with E-state index in [1.165, 1.54) is 0 Å². The van der Waals surface area contributed by atoms with Crippen LogP contribution >= 0.6 is 0 Å². The lowest BCUT2D eigenvalue weighted by Crippen LogP contribution is -2.35. The van der Waals surface area contributed by atoms with E-state index in [2.05, 4.69) is 5.32 Å². The minimum Gasteiger partial charge on any atom is -0.495 e. The first-order valence-corrected chi connectivity index (χ1v) is 8.05. The number of nitrogens with one attached hydrogen (secondary N) is 1. The highest BCUT2D eigenvalue weighted by molar-refractivity contribution is 5.97. The number of carbonyl (C=O) groups excluding carboxylic acids is 2. The van der Waals surface area contributed by atoms with E-state index < -0.39 is 0 Å². The van der Waals surface area contributed by atoms with E-state index in [9.17, 15) is 9.59 Å². The molecule has 6 heteroatoms. The van der Waals surface area contributed by atoms with E-state index in [1.807, 2.05) is 6.92 Å². The highest BCUT2D eigenvalue weighted by atomic mass is 16.5. The molecule has 23 heavy (non-hydrogen) atoms. The average Bonchev–Trinajstić information content (AvgIpc) is 2.53. The number of ether oxygens (including phenoxy) is 1. The fourth-order valence-corrected chi connectivity index (χ4v) is 2.62. The van der Waals surface area contributed by atoms with Gasteiger partial charge in [0.15, 0.2) is 0 Å². The van der Waals surface area contributed by atoms with E-state index in [0.717, 1.165) is 12.8 Å². The van der Waals surface area contributed by atoms with Crippen LogP contribution in [0, 0.1) is 0 Å². The Bertz CT molecular complexity index is 572. The monoisotopic (exact) mass is 319 g/mol. The summed E-state index contributed by atoms with van der Waals surface area (Å²) in [7, 11) is 1.58. The Labute approximate surface area is 137 Å². The topological polar surface area (TPSA) is 84.7 Å². The second-order valence-corrected chi connectivity index (χ2v) is 5.95. The number of hydrogen-bond acceptors (Lipinski definition) is 4. The zero-order valence-corrected chi connectivity index (χ0v) is 13.8. The maximum atomic E-state index is 12.1. The lowest BCUT2D eigenvalue weighted by atomic mass is 10.1. The Kier molecular flexibility index (Phi) is 5.98. The predicted molar refractivity (Wildman–Crippen MR) is 90.7 cm³/mol. The van der Waals surface area contributed by atoms with Crippen molar-refractivity contribution in [3.8, 4) is 5.75 Å². The first-order chi connectivity index (χ1) is 11.0. The molecule has 0 bridgehead atoms. The van der Waals surface area contributed by atoms with Crippen LogP contribution in [0.5, 0.6) is 5.75 Å². The minimum atomic E-state index is -0.0802. The Morgan fingerprint density at radius 3 is 2.87 bits per heavy atom. The molecule has 3 N–H and O–H groups in total. The number of anilines is 2. The van der Waals surface area contributed by atoms with Crippen LogP contribution in [0.1, 0.15) is 39.0 Å². The van der Waals surface area contributed by atoms with Gasteiger partial charge in [-0.05, 0) is 44.4 Å². The number of hydrogen-bond donors (Lipinski definition) is 2. The summed E-state index contributed by atoms with van der Waals surface area (Å²) < 4.78 is 5.36. The first kappa shape index (κ1) is 17.3. The zero-order chi connectivity index (χ0) is 16.8. The smallest absolute Gasteiger partial charge is 0.227 e. The summed E-state index contributed by atoms with van der Waals surface area (Å²) in [5.74, 6) is 0.646. The van der Waals surface area contributed by atoms with Gasteiger partial charge in [-0.2, -0.15) is 0 Å². The molecular weight excluding hydrogens is 294 g/mol. The van der Waals surface area contributed by atoms with Crippen LogP contribution in [-0.2, 0) is 9.59 Å². The van der Waals surface area contributed by atoms with E-state index in [-0.39, 0.29) is 17.9 Å². The molecule has 0 aromatic heterocycles. The van der Waals surface area contributed by atoms with Crippen LogP contribution in [-0.4, -0.2) is 31.5 Å². The molecule has 0 saturated carbocycles. The SMILES string of the molecule is COc1ccc(NC(=O)CCC(C)N)cc1N1CCCCC1=O. The van der Waals surface area contributed by atoms with Gasteiger partial charge in [-0.1, -0.05) is 0 Å². The van der Waals surface area contributed by atoms with Crippen molar-refractivity contribution >= 4 is 23.2 Å². The highest BCUT2D eigenvalue weighted by Gasteiger charge is 2.23. The van der Waals surface area contributed by atoms with Gasteiger partial charge >= 0.3 is 0 Å². The molecule has 1 unspecified atom stereocenters. The second-order valence-electron chi connectivity index (χ2n) is 5.95. The Morgan fingerprint density at radius 1 is 1.43 bits per heavy atom. The summed E-state index contributed by atoms with van der Waals surface area (Å²) in [5.41, 5.74) is 7.04. The van der Waals surface area contributed by atoms with E-state index in [1.54, 1.807) is 30.2 Å². The van der Waals surface area contributed by atoms with Gasteiger partial charge in [-0.15, -0.1) is 0 Å². The molecule has 1 atom stereocenters. The quantitative estimate of drug-likeness (QED) is 0.842. The van der Waals surface area contributed by atoms with Crippen molar-refractivity contribution in [3.05, 3.63) is 18.2 Å². The molecule has 6 nitrogen and oxygen atoms in total. The third-order valence-electron chi connectivity index (χ3n) is 3.90. The number of methoxy groups -OCH3 is 1. The predicted octanol–water partition coefficient (Wildman–Crippen LogP) is 2.28. The molecule has 2 amide bonds. The van der Waals surface area contributed by atoms with Crippen LogP contribution < -0.4 is 20.7 Å². The van der Waals surface area contributed by atoms with Gasteiger partial charge in [0, 0.05) is 31.1 Å². The van der Waals surface area contributed by atoms with Gasteiger partial charge < -0.3 is 20.7 Å². The van der Waals surface area contributed by atoms with E-state index in [4.69, 9.17) is 10.5 Å². The van der Waals surface area contributed by atoms with E-state index in [0.29, 0.717) is 42.9 Å². The number of carbonyl (C=O) groups is 2. The van der Waals surface area contributed by atoms with Crippen LogP contribution in [0.3, 0.4) is 0 Å². The summed E-state index contributed by atoms with van der Waals surface area (Å²) in [6, 6.07) is 5.35. The van der Waals surface area contributed by atoms with Crippen LogP contribution in [0.25, 0.3) is 0 Å². The molecule has 0 spiro atoms. The normalized spacial score (nSPS) is 16.1. The fraction of sp³-hybridized carbons (Fsp3) is 0.529. The maximum Gasteiger partial charge on any atom is 0.227 e. The number of piperidine rings is 1. The van der Waals surface area contributed by atoms with E-state index >= 15 is 0 Å². The number of amides is 2. The molecule has 1 saturated heterocycles. The first-order valence-electron chi connectivity index (χ1n) is 8.05. The molecule has 126 valence electrons. The number of nitrogens with two attached hydrogens (primary N) is 1. The molecular formula is C17H25N3O3. The summed E-state index contributed by atoms with van der Waals surface area (Å²) >= 11 is 0. The molecule has 1 fully saturated rings. The number of nitrogens with zero attached hydrogens (tertiary/aromatic N) is 1. The molecule has 1 aliphatic heterocycles. The van der Waals surface area contributed by atoms with Crippen molar-refractivity contribution in [2.24, 2.45) is 5.73 Å². The molecule has 1 aromatic rings. The molecule has 0 radical (unpaired) electrons. The second kappa shape index (κ2) is 7.97. The van der Waals surface area contributed by atoms with Crippen molar-refractivity contribution < 1.29 is 14.3 Å². The van der Waals surface area contributed by atoms with Crippen molar-refractivity contribution in [1.29, 1.82) is 0 Å². The van der Waals surface area contributed by atoms with Gasteiger partial charge in [0.05, 0.1) is 12.8 Å². The van der Waals surface area contributed by atoms with Crippen molar-refractivity contribution in [2.75, 3.05) is 23.9 Å². The summed E-state index contributed by atoms with van der Waals surface area (Å²) in [5, 5.41) is 2.85. The Balaban J connectivity index is 2.15. The molecule has 2 rings (SSSR count). The van der Waals surface area contributed by atoms with Gasteiger partial charge in [0.25, 0.3) is 0 Å². The van der Waals surface area contributed by atoms with Crippen LogP contribution in [0.4, 0.5) is 11.4 Å². The summed E-state index contributed by atoms with van der Waals surface area (Å²) in [4.78, 5) is 25.8. The van der Waals surface area contributed by atoms with Gasteiger partial charge in [-0.3, -0.25) is 9.59 Å². The lowest BCUT2D eigenvalue weighted by molar-refractivity contribution is -0.119. The van der Waals surface area contributed by atoms with Gasteiger partial charge in [-0.25, -0.2) is 0 Å². The zero-order valence-electron chi connectivity index (χ0n) is 13.8. The standard InChI is InChI=1S/C17H25N3O3/c1-12(18)6-9-16(21)19-13-7-8-15(23-2)14(11-13)20-10-4-3-5-17(20)22/h7-8,11-12H,3-6,9-10,18H2,1-2H3,(H,19,21). The molecule has 0 aliphatic carbocycles. The lowest BCUT2D eigenvalue weighted by Gasteiger charge is -2.28. The van der Waals surface area contributed by atoms with Crippen molar-refractivity contribution in [1.82, 2.24) is 0 Å². The molecule has 1 heterocycles. The Morgan fingerprint density at radius 2 is 2.22 bits per heavy atom. The van der Waals surface area contributed by atoms with Crippen molar-refractivity contribution in [2.45, 2.75) is 45.1 Å². The number of benzene rings is 1. The van der Waals surface area contributed by atoms with Crippen LogP contribution in [0.15, 0.2) is 18.2 Å². The third-order valence-corrected chi connectivity index (χ3v) is 3.90. The average molecular weight is 319 g/mol. The van der Waals surface area contributed by atoms with Gasteiger partial charge in [0.1, 0.15) is 5.75 Å². The van der Waals surface area contributed by atoms with Gasteiger partial charge in [0.2, 0.25) is 11.8 Å². The van der Waals surface area contributed by atoms with Crippen molar-refractivity contribution in [3.63, 3.8) is 0 Å². The summed E-state index contributed by atoms with van der Waals surface area (Å²) in [6.45, 7) is 2.55. The largest absolute Gasteiger partial charge is 0.495 e. The fourth-order valence-electron chi connectivity index (χ4n) is 2.62. The number of rotatable bonds is 6. The third kappa shape index (κ3) is 4.69. The highest BCUT2D eigenvalue weighted by Crippen LogP contribution is 2.33. The summed E-state index contributed by atoms with van der Waals surface area (Å²) in [6.07, 6.45) is 3.46.